The largest absolute Gasteiger partial charge is 0.493 e. The summed E-state index contributed by atoms with van der Waals surface area (Å²) < 4.78 is 16.4. The van der Waals surface area contributed by atoms with E-state index in [1.807, 2.05) is 41.3 Å². The Balaban J connectivity index is 1.36. The lowest BCUT2D eigenvalue weighted by atomic mass is 9.98. The van der Waals surface area contributed by atoms with Crippen LogP contribution < -0.4 is 9.47 Å². The van der Waals surface area contributed by atoms with Gasteiger partial charge in [0.15, 0.2) is 17.1 Å². The molecule has 6 nitrogen and oxygen atoms in total. The van der Waals surface area contributed by atoms with E-state index in [1.165, 1.54) is 5.56 Å². The number of nitrogens with zero attached hydrogens (tertiary/aromatic N) is 2. The normalized spacial score (nSPS) is 16.5. The van der Waals surface area contributed by atoms with Crippen molar-refractivity contribution in [3.63, 3.8) is 0 Å². The van der Waals surface area contributed by atoms with Crippen LogP contribution in [0.1, 0.15) is 17.9 Å². The first-order valence-electron chi connectivity index (χ1n) is 9.49. The number of hydrogen-bond acceptors (Lipinski definition) is 5. The molecule has 1 atom stereocenters. The number of fused-ring (bicyclic) bond motifs is 1. The number of rotatable bonds is 6. The lowest BCUT2D eigenvalue weighted by Gasteiger charge is -2.16. The summed E-state index contributed by atoms with van der Waals surface area (Å²) >= 11 is 0. The zero-order chi connectivity index (χ0) is 19.5. The number of oxazole rings is 1. The van der Waals surface area contributed by atoms with E-state index in [9.17, 15) is 4.79 Å². The van der Waals surface area contributed by atoms with E-state index in [0.717, 1.165) is 48.5 Å². The Labute approximate surface area is 164 Å². The van der Waals surface area contributed by atoms with Gasteiger partial charge in [0.1, 0.15) is 11.9 Å². The third-order valence-electron chi connectivity index (χ3n) is 5.25. The SMILES string of the molecule is COc1ccc(CC2CCN(C(=O)Cc3nc4ccccc4o3)C2)cc1OC. The van der Waals surface area contributed by atoms with Crippen molar-refractivity contribution in [3.05, 3.63) is 53.9 Å². The molecule has 0 spiro atoms. The Morgan fingerprint density at radius 3 is 2.79 bits per heavy atom. The highest BCUT2D eigenvalue weighted by Gasteiger charge is 2.27. The lowest BCUT2D eigenvalue weighted by molar-refractivity contribution is -0.129. The summed E-state index contributed by atoms with van der Waals surface area (Å²) in [6.45, 7) is 1.53. The second kappa shape index (κ2) is 7.92. The molecule has 6 heteroatoms. The van der Waals surface area contributed by atoms with Crippen LogP contribution in [0.15, 0.2) is 46.9 Å². The molecule has 146 valence electrons. The molecule has 1 aliphatic heterocycles. The second-order valence-electron chi connectivity index (χ2n) is 7.14. The molecular weight excluding hydrogens is 356 g/mol. The third kappa shape index (κ3) is 3.81. The van der Waals surface area contributed by atoms with E-state index >= 15 is 0 Å². The number of methoxy groups -OCH3 is 2. The number of carbonyl (C=O) groups is 1. The van der Waals surface area contributed by atoms with Gasteiger partial charge in [-0.15, -0.1) is 0 Å². The molecule has 0 radical (unpaired) electrons. The van der Waals surface area contributed by atoms with Gasteiger partial charge in [-0.3, -0.25) is 4.79 Å². The maximum absolute atomic E-state index is 12.7. The first-order chi connectivity index (χ1) is 13.7. The van der Waals surface area contributed by atoms with Gasteiger partial charge < -0.3 is 18.8 Å². The monoisotopic (exact) mass is 380 g/mol. The number of carbonyl (C=O) groups excluding carboxylic acids is 1. The highest BCUT2D eigenvalue weighted by Crippen LogP contribution is 2.30. The van der Waals surface area contributed by atoms with Crippen molar-refractivity contribution < 1.29 is 18.7 Å². The molecule has 4 rings (SSSR count). The Morgan fingerprint density at radius 1 is 1.18 bits per heavy atom. The number of benzene rings is 2. The predicted molar refractivity (Wildman–Crippen MR) is 106 cm³/mol. The summed E-state index contributed by atoms with van der Waals surface area (Å²) in [4.78, 5) is 19.0. The van der Waals surface area contributed by atoms with E-state index in [1.54, 1.807) is 14.2 Å². The van der Waals surface area contributed by atoms with Crippen LogP contribution >= 0.6 is 0 Å². The molecule has 3 aromatic rings. The smallest absolute Gasteiger partial charge is 0.231 e. The molecule has 1 fully saturated rings. The number of hydrogen-bond donors (Lipinski definition) is 0. The van der Waals surface area contributed by atoms with Gasteiger partial charge in [-0.25, -0.2) is 4.98 Å². The van der Waals surface area contributed by atoms with Crippen LogP contribution in [0.2, 0.25) is 0 Å². The van der Waals surface area contributed by atoms with E-state index in [4.69, 9.17) is 13.9 Å². The Bertz CT molecular complexity index is 949. The van der Waals surface area contributed by atoms with Gasteiger partial charge in [0.2, 0.25) is 11.8 Å². The van der Waals surface area contributed by atoms with Crippen molar-refractivity contribution in [3.8, 4) is 11.5 Å². The predicted octanol–water partition coefficient (Wildman–Crippen LogP) is 3.48. The van der Waals surface area contributed by atoms with Gasteiger partial charge in [-0.1, -0.05) is 18.2 Å². The highest BCUT2D eigenvalue weighted by molar-refractivity contribution is 5.79. The topological polar surface area (TPSA) is 64.8 Å². The van der Waals surface area contributed by atoms with Gasteiger partial charge >= 0.3 is 0 Å². The molecule has 0 bridgehead atoms. The van der Waals surface area contributed by atoms with E-state index in [2.05, 4.69) is 11.1 Å². The van der Waals surface area contributed by atoms with Crippen molar-refractivity contribution in [2.24, 2.45) is 5.92 Å². The van der Waals surface area contributed by atoms with Crippen LogP contribution in [0.3, 0.4) is 0 Å². The first kappa shape index (κ1) is 18.3. The van der Waals surface area contributed by atoms with Gasteiger partial charge in [0.25, 0.3) is 0 Å². The highest BCUT2D eigenvalue weighted by atomic mass is 16.5. The molecule has 1 unspecified atom stereocenters. The molecule has 0 aliphatic carbocycles. The zero-order valence-corrected chi connectivity index (χ0v) is 16.2. The molecule has 1 aliphatic rings. The van der Waals surface area contributed by atoms with Crippen LogP contribution in [0.5, 0.6) is 11.5 Å². The van der Waals surface area contributed by atoms with Gasteiger partial charge in [-0.05, 0) is 48.6 Å². The number of aromatic nitrogens is 1. The third-order valence-corrected chi connectivity index (χ3v) is 5.25. The van der Waals surface area contributed by atoms with Crippen LogP contribution in [0, 0.1) is 5.92 Å². The number of ether oxygens (including phenoxy) is 2. The van der Waals surface area contributed by atoms with Crippen molar-refractivity contribution in [1.82, 2.24) is 9.88 Å². The molecular formula is C22H24N2O4. The van der Waals surface area contributed by atoms with Crippen LogP contribution in [-0.2, 0) is 17.6 Å². The fraction of sp³-hybridized carbons (Fsp3) is 0.364. The summed E-state index contributed by atoms with van der Waals surface area (Å²) in [5.41, 5.74) is 2.70. The fourth-order valence-electron chi connectivity index (χ4n) is 3.80. The molecule has 2 heterocycles. The molecule has 1 aromatic heterocycles. The Morgan fingerprint density at radius 2 is 2.00 bits per heavy atom. The second-order valence-corrected chi connectivity index (χ2v) is 7.14. The average molecular weight is 380 g/mol. The minimum Gasteiger partial charge on any atom is -0.493 e. The molecule has 0 N–H and O–H groups in total. The van der Waals surface area contributed by atoms with E-state index < -0.39 is 0 Å². The summed E-state index contributed by atoms with van der Waals surface area (Å²) in [6, 6.07) is 13.6. The summed E-state index contributed by atoms with van der Waals surface area (Å²) in [7, 11) is 3.28. The fourth-order valence-corrected chi connectivity index (χ4v) is 3.80. The lowest BCUT2D eigenvalue weighted by Crippen LogP contribution is -2.30. The maximum Gasteiger partial charge on any atom is 0.231 e. The number of para-hydroxylation sites is 2. The minimum atomic E-state index is 0.0707. The number of amides is 1. The quantitative estimate of drug-likeness (QED) is 0.655. The molecule has 1 amide bonds. The number of likely N-dealkylation sites (tertiary alicyclic amines) is 1. The Kier molecular flexibility index (Phi) is 5.19. The molecule has 28 heavy (non-hydrogen) atoms. The minimum absolute atomic E-state index is 0.0707. The molecule has 1 saturated heterocycles. The zero-order valence-electron chi connectivity index (χ0n) is 16.2. The summed E-state index contributed by atoms with van der Waals surface area (Å²) in [5, 5.41) is 0. The van der Waals surface area contributed by atoms with Crippen LogP contribution in [0.25, 0.3) is 11.1 Å². The van der Waals surface area contributed by atoms with Crippen LogP contribution in [-0.4, -0.2) is 43.1 Å². The average Bonchev–Trinajstić information content (AvgIpc) is 3.34. The van der Waals surface area contributed by atoms with Crippen LogP contribution in [0.4, 0.5) is 0 Å². The van der Waals surface area contributed by atoms with E-state index in [0.29, 0.717) is 11.8 Å². The van der Waals surface area contributed by atoms with Crippen molar-refractivity contribution >= 4 is 17.0 Å². The Hall–Kier alpha value is -3.02. The standard InChI is InChI=1S/C22H24N2O4/c1-26-19-8-7-15(12-20(19)27-2)11-16-9-10-24(14-16)22(25)13-21-23-17-5-3-4-6-18(17)28-21/h3-8,12,16H,9-11,13-14H2,1-2H3. The maximum atomic E-state index is 12.7. The van der Waals surface area contributed by atoms with Crippen molar-refractivity contribution in [2.45, 2.75) is 19.3 Å². The van der Waals surface area contributed by atoms with E-state index in [-0.39, 0.29) is 12.3 Å². The van der Waals surface area contributed by atoms with Gasteiger partial charge in [0.05, 0.1) is 14.2 Å². The first-order valence-corrected chi connectivity index (χ1v) is 9.49. The van der Waals surface area contributed by atoms with Crippen molar-refractivity contribution in [1.29, 1.82) is 0 Å². The summed E-state index contributed by atoms with van der Waals surface area (Å²) in [5.74, 6) is 2.45. The molecule has 2 aromatic carbocycles. The van der Waals surface area contributed by atoms with Crippen molar-refractivity contribution in [2.75, 3.05) is 27.3 Å². The molecule has 0 saturated carbocycles. The van der Waals surface area contributed by atoms with Gasteiger partial charge in [0, 0.05) is 13.1 Å². The summed E-state index contributed by atoms with van der Waals surface area (Å²) in [6.07, 6.45) is 2.11. The van der Waals surface area contributed by atoms with Gasteiger partial charge in [-0.2, -0.15) is 0 Å².